The van der Waals surface area contributed by atoms with Gasteiger partial charge in [0, 0.05) is 31.2 Å². The Morgan fingerprint density at radius 1 is 1.35 bits per heavy atom. The summed E-state index contributed by atoms with van der Waals surface area (Å²) in [4.78, 5) is 5.05. The number of hydrogen-bond acceptors (Lipinski definition) is 4. The lowest BCUT2D eigenvalue weighted by atomic mass is 9.85. The highest BCUT2D eigenvalue weighted by atomic mass is 16.5. The molecule has 118 valence electrons. The summed E-state index contributed by atoms with van der Waals surface area (Å²) in [7, 11) is 4.55. The molecule has 0 spiro atoms. The van der Waals surface area contributed by atoms with Crippen LogP contribution in [-0.2, 0) is 4.74 Å². The van der Waals surface area contributed by atoms with E-state index in [2.05, 4.69) is 36.1 Å². The Bertz CT molecular complexity index is 271. The van der Waals surface area contributed by atoms with E-state index >= 15 is 0 Å². The lowest BCUT2D eigenvalue weighted by Crippen LogP contribution is -2.49. The first kappa shape index (κ1) is 16.2. The van der Waals surface area contributed by atoms with E-state index in [9.17, 15) is 0 Å². The van der Waals surface area contributed by atoms with Crippen LogP contribution in [0.3, 0.4) is 0 Å². The summed E-state index contributed by atoms with van der Waals surface area (Å²) in [5.41, 5.74) is 0.341. The molecule has 0 aliphatic carbocycles. The van der Waals surface area contributed by atoms with Gasteiger partial charge < -0.3 is 19.9 Å². The van der Waals surface area contributed by atoms with E-state index in [4.69, 9.17) is 4.74 Å². The second-order valence-corrected chi connectivity index (χ2v) is 6.93. The van der Waals surface area contributed by atoms with Gasteiger partial charge in [0.25, 0.3) is 0 Å². The number of nitrogens with zero attached hydrogens (tertiary/aromatic N) is 2. The third kappa shape index (κ3) is 4.42. The molecule has 2 aliphatic rings. The second-order valence-electron chi connectivity index (χ2n) is 6.93. The molecule has 20 heavy (non-hydrogen) atoms. The van der Waals surface area contributed by atoms with Crippen LogP contribution < -0.4 is 5.32 Å². The minimum atomic E-state index is 0.341. The predicted molar refractivity (Wildman–Crippen MR) is 84.2 cm³/mol. The SMILES string of the molecule is CCCNCC1(CN(C)C2CCN(C)CC2)CCOC1. The molecule has 1 unspecified atom stereocenters. The standard InChI is InChI=1S/C16H33N3O/c1-4-8-17-12-16(7-11-20-14-16)13-19(3)15-5-9-18(2)10-6-15/h15,17H,4-14H2,1-3H3. The maximum atomic E-state index is 5.72. The maximum Gasteiger partial charge on any atom is 0.0547 e. The Labute approximate surface area is 124 Å². The zero-order valence-electron chi connectivity index (χ0n) is 13.7. The minimum Gasteiger partial charge on any atom is -0.381 e. The third-order valence-corrected chi connectivity index (χ3v) is 5.01. The van der Waals surface area contributed by atoms with Gasteiger partial charge in [-0.15, -0.1) is 0 Å². The Morgan fingerprint density at radius 3 is 2.70 bits per heavy atom. The first-order chi connectivity index (χ1) is 9.65. The van der Waals surface area contributed by atoms with Crippen molar-refractivity contribution in [3.63, 3.8) is 0 Å². The van der Waals surface area contributed by atoms with Crippen LogP contribution in [0.4, 0.5) is 0 Å². The van der Waals surface area contributed by atoms with E-state index in [-0.39, 0.29) is 0 Å². The van der Waals surface area contributed by atoms with Crippen molar-refractivity contribution in [1.82, 2.24) is 15.1 Å². The van der Waals surface area contributed by atoms with E-state index in [1.807, 2.05) is 0 Å². The van der Waals surface area contributed by atoms with E-state index in [1.165, 1.54) is 45.3 Å². The molecular weight excluding hydrogens is 250 g/mol. The number of piperidine rings is 1. The number of nitrogens with one attached hydrogen (secondary N) is 1. The third-order valence-electron chi connectivity index (χ3n) is 5.01. The van der Waals surface area contributed by atoms with Crippen LogP contribution in [0, 0.1) is 5.41 Å². The molecule has 2 saturated heterocycles. The highest BCUT2D eigenvalue weighted by molar-refractivity contribution is 4.90. The number of hydrogen-bond donors (Lipinski definition) is 1. The summed E-state index contributed by atoms with van der Waals surface area (Å²) in [5.74, 6) is 0. The maximum absolute atomic E-state index is 5.72. The first-order valence-electron chi connectivity index (χ1n) is 8.32. The Hall–Kier alpha value is -0.160. The molecule has 1 atom stereocenters. The van der Waals surface area contributed by atoms with E-state index < -0.39 is 0 Å². The zero-order chi connectivity index (χ0) is 14.4. The molecule has 0 aromatic rings. The molecule has 0 saturated carbocycles. The van der Waals surface area contributed by atoms with Crippen LogP contribution in [0.1, 0.15) is 32.6 Å². The fourth-order valence-corrected chi connectivity index (χ4v) is 3.59. The van der Waals surface area contributed by atoms with Gasteiger partial charge in [0.2, 0.25) is 0 Å². The van der Waals surface area contributed by atoms with Gasteiger partial charge in [-0.2, -0.15) is 0 Å². The fraction of sp³-hybridized carbons (Fsp3) is 1.00. The van der Waals surface area contributed by atoms with Gasteiger partial charge in [0.1, 0.15) is 0 Å². The summed E-state index contributed by atoms with van der Waals surface area (Å²) < 4.78 is 5.72. The monoisotopic (exact) mass is 283 g/mol. The smallest absolute Gasteiger partial charge is 0.0547 e. The predicted octanol–water partition coefficient (Wildman–Crippen LogP) is 1.42. The highest BCUT2D eigenvalue weighted by Crippen LogP contribution is 2.30. The highest BCUT2D eigenvalue weighted by Gasteiger charge is 2.37. The van der Waals surface area contributed by atoms with Crippen molar-refractivity contribution >= 4 is 0 Å². The van der Waals surface area contributed by atoms with E-state index in [0.717, 1.165) is 32.3 Å². The van der Waals surface area contributed by atoms with Gasteiger partial charge >= 0.3 is 0 Å². The quantitative estimate of drug-likeness (QED) is 0.715. The van der Waals surface area contributed by atoms with Crippen LogP contribution in [0.25, 0.3) is 0 Å². The summed E-state index contributed by atoms with van der Waals surface area (Å²) in [6.45, 7) is 10.00. The summed E-state index contributed by atoms with van der Waals surface area (Å²) >= 11 is 0. The number of ether oxygens (including phenoxy) is 1. The van der Waals surface area contributed by atoms with Crippen LogP contribution >= 0.6 is 0 Å². The second kappa shape index (κ2) is 7.74. The van der Waals surface area contributed by atoms with Crippen molar-refractivity contribution in [3.05, 3.63) is 0 Å². The Morgan fingerprint density at radius 2 is 2.10 bits per heavy atom. The molecule has 4 heteroatoms. The summed E-state index contributed by atoms with van der Waals surface area (Å²) in [6, 6.07) is 0.759. The molecular formula is C16H33N3O. The average molecular weight is 283 g/mol. The van der Waals surface area contributed by atoms with Gasteiger partial charge in [-0.05, 0) is 59.4 Å². The number of likely N-dealkylation sites (tertiary alicyclic amines) is 1. The molecule has 1 N–H and O–H groups in total. The van der Waals surface area contributed by atoms with Gasteiger partial charge in [-0.1, -0.05) is 6.92 Å². The molecule has 4 nitrogen and oxygen atoms in total. The van der Waals surface area contributed by atoms with Crippen molar-refractivity contribution < 1.29 is 4.74 Å². The Kier molecular flexibility index (Phi) is 6.27. The molecule has 0 bridgehead atoms. The summed E-state index contributed by atoms with van der Waals surface area (Å²) in [5, 5.41) is 3.62. The molecule has 0 aromatic carbocycles. The zero-order valence-corrected chi connectivity index (χ0v) is 13.7. The van der Waals surface area contributed by atoms with Crippen LogP contribution in [0.15, 0.2) is 0 Å². The number of rotatable bonds is 7. The normalized spacial score (nSPS) is 29.4. The molecule has 0 aromatic heterocycles. The Balaban J connectivity index is 1.83. The van der Waals surface area contributed by atoms with Crippen molar-refractivity contribution in [2.45, 2.75) is 38.6 Å². The van der Waals surface area contributed by atoms with E-state index in [1.54, 1.807) is 0 Å². The summed E-state index contributed by atoms with van der Waals surface area (Å²) in [6.07, 6.45) is 5.04. The molecule has 2 heterocycles. The average Bonchev–Trinajstić information content (AvgIpc) is 2.88. The van der Waals surface area contributed by atoms with Crippen molar-refractivity contribution in [1.29, 1.82) is 0 Å². The van der Waals surface area contributed by atoms with Gasteiger partial charge in [-0.3, -0.25) is 0 Å². The molecule has 2 rings (SSSR count). The van der Waals surface area contributed by atoms with Gasteiger partial charge in [0.15, 0.2) is 0 Å². The lowest BCUT2D eigenvalue weighted by Gasteiger charge is -2.40. The first-order valence-corrected chi connectivity index (χ1v) is 8.32. The topological polar surface area (TPSA) is 27.7 Å². The molecule has 2 aliphatic heterocycles. The minimum absolute atomic E-state index is 0.341. The van der Waals surface area contributed by atoms with Crippen LogP contribution in [0.2, 0.25) is 0 Å². The van der Waals surface area contributed by atoms with Crippen molar-refractivity contribution in [2.24, 2.45) is 5.41 Å². The fourth-order valence-electron chi connectivity index (χ4n) is 3.59. The largest absolute Gasteiger partial charge is 0.381 e. The molecule has 0 radical (unpaired) electrons. The molecule has 2 fully saturated rings. The van der Waals surface area contributed by atoms with Gasteiger partial charge in [0.05, 0.1) is 6.61 Å². The van der Waals surface area contributed by atoms with E-state index in [0.29, 0.717) is 5.41 Å². The van der Waals surface area contributed by atoms with Crippen LogP contribution in [-0.4, -0.2) is 75.9 Å². The van der Waals surface area contributed by atoms with Crippen molar-refractivity contribution in [3.8, 4) is 0 Å². The lowest BCUT2D eigenvalue weighted by molar-refractivity contribution is 0.0774. The molecule has 0 amide bonds. The van der Waals surface area contributed by atoms with Crippen molar-refractivity contribution in [2.75, 3.05) is 60.0 Å². The van der Waals surface area contributed by atoms with Crippen LogP contribution in [0.5, 0.6) is 0 Å². The van der Waals surface area contributed by atoms with Gasteiger partial charge in [-0.25, -0.2) is 0 Å².